The summed E-state index contributed by atoms with van der Waals surface area (Å²) in [6.45, 7) is 1.79. The van der Waals surface area contributed by atoms with Gasteiger partial charge in [-0.3, -0.25) is 9.78 Å². The van der Waals surface area contributed by atoms with Crippen LogP contribution in [0.1, 0.15) is 24.0 Å². The third kappa shape index (κ3) is 4.61. The van der Waals surface area contributed by atoms with Gasteiger partial charge >= 0.3 is 0 Å². The Kier molecular flexibility index (Phi) is 5.54. The van der Waals surface area contributed by atoms with Gasteiger partial charge in [0.15, 0.2) is 0 Å². The molecule has 1 amide bonds. The van der Waals surface area contributed by atoms with Crippen LogP contribution in [0.5, 0.6) is 0 Å². The molecule has 3 rings (SSSR count). The molecule has 2 heterocycles. The molecule has 0 bridgehead atoms. The van der Waals surface area contributed by atoms with Crippen LogP contribution in [0.25, 0.3) is 0 Å². The van der Waals surface area contributed by atoms with E-state index in [9.17, 15) is 9.18 Å². The van der Waals surface area contributed by atoms with E-state index in [2.05, 4.69) is 4.98 Å². The predicted molar refractivity (Wildman–Crippen MR) is 88.7 cm³/mol. The average molecular weight is 328 g/mol. The molecule has 126 valence electrons. The summed E-state index contributed by atoms with van der Waals surface area (Å²) in [4.78, 5) is 18.5. The number of pyridine rings is 1. The minimum absolute atomic E-state index is 0.0426. The maximum Gasteiger partial charge on any atom is 0.227 e. The molecule has 0 aliphatic carbocycles. The second-order valence-corrected chi connectivity index (χ2v) is 6.07. The summed E-state index contributed by atoms with van der Waals surface area (Å²) in [7, 11) is 0. The predicted octanol–water partition coefficient (Wildman–Crippen LogP) is 2.97. The summed E-state index contributed by atoms with van der Waals surface area (Å²) in [5.74, 6) is -0.228. The number of rotatable bonds is 6. The fraction of sp³-hybridized carbons (Fsp3) is 0.368. The van der Waals surface area contributed by atoms with E-state index in [0.717, 1.165) is 30.6 Å². The van der Waals surface area contributed by atoms with Crippen molar-refractivity contribution in [3.63, 3.8) is 0 Å². The lowest BCUT2D eigenvalue weighted by atomic mass is 10.1. The fourth-order valence-electron chi connectivity index (χ4n) is 2.89. The van der Waals surface area contributed by atoms with Crippen molar-refractivity contribution >= 4 is 5.91 Å². The van der Waals surface area contributed by atoms with Crippen LogP contribution in [0.2, 0.25) is 0 Å². The SMILES string of the molecule is O=C(Cc1ccncc1)N(Cc1ccc(F)cc1)C[C@H]1CCCO1. The molecule has 1 aliphatic heterocycles. The summed E-state index contributed by atoms with van der Waals surface area (Å²) in [6.07, 6.45) is 5.80. The van der Waals surface area contributed by atoms with Crippen molar-refractivity contribution in [3.05, 3.63) is 65.7 Å². The number of nitrogens with zero attached hydrogens (tertiary/aromatic N) is 2. The largest absolute Gasteiger partial charge is 0.376 e. The Labute approximate surface area is 141 Å². The Balaban J connectivity index is 1.70. The lowest BCUT2D eigenvalue weighted by Crippen LogP contribution is -2.37. The van der Waals surface area contributed by atoms with Crippen LogP contribution >= 0.6 is 0 Å². The van der Waals surface area contributed by atoms with E-state index in [4.69, 9.17) is 4.74 Å². The smallest absolute Gasteiger partial charge is 0.227 e. The molecule has 0 N–H and O–H groups in total. The first-order valence-electron chi connectivity index (χ1n) is 8.23. The molecule has 1 fully saturated rings. The normalized spacial score (nSPS) is 17.0. The first kappa shape index (κ1) is 16.6. The summed E-state index contributed by atoms with van der Waals surface area (Å²) in [5.41, 5.74) is 1.85. The molecule has 1 saturated heterocycles. The van der Waals surface area contributed by atoms with Crippen LogP contribution in [0.15, 0.2) is 48.8 Å². The molecular formula is C19H21FN2O2. The highest BCUT2D eigenvalue weighted by Crippen LogP contribution is 2.16. The molecule has 1 aliphatic rings. The van der Waals surface area contributed by atoms with E-state index in [1.807, 2.05) is 17.0 Å². The Morgan fingerprint density at radius 1 is 1.17 bits per heavy atom. The van der Waals surface area contributed by atoms with Crippen molar-refractivity contribution in [2.45, 2.75) is 31.9 Å². The lowest BCUT2D eigenvalue weighted by Gasteiger charge is -2.26. The number of aromatic nitrogens is 1. The van der Waals surface area contributed by atoms with Crippen LogP contribution < -0.4 is 0 Å². The van der Waals surface area contributed by atoms with Gasteiger partial charge in [0.1, 0.15) is 5.82 Å². The second-order valence-electron chi connectivity index (χ2n) is 6.07. The number of hydrogen-bond donors (Lipinski definition) is 0. The van der Waals surface area contributed by atoms with Gasteiger partial charge in [0.25, 0.3) is 0 Å². The number of halogens is 1. The molecule has 24 heavy (non-hydrogen) atoms. The number of benzene rings is 1. The highest BCUT2D eigenvalue weighted by Gasteiger charge is 2.23. The first-order chi connectivity index (χ1) is 11.7. The van der Waals surface area contributed by atoms with Gasteiger partial charge in [0.2, 0.25) is 5.91 Å². The fourth-order valence-corrected chi connectivity index (χ4v) is 2.89. The monoisotopic (exact) mass is 328 g/mol. The Hall–Kier alpha value is -2.27. The Bertz CT molecular complexity index is 655. The molecule has 0 spiro atoms. The van der Waals surface area contributed by atoms with Crippen molar-refractivity contribution in [2.75, 3.05) is 13.2 Å². The van der Waals surface area contributed by atoms with Crippen LogP contribution in [0.4, 0.5) is 4.39 Å². The van der Waals surface area contributed by atoms with Gasteiger partial charge in [-0.15, -0.1) is 0 Å². The van der Waals surface area contributed by atoms with Gasteiger partial charge in [-0.25, -0.2) is 4.39 Å². The molecule has 1 aromatic carbocycles. The minimum atomic E-state index is -0.271. The molecule has 5 heteroatoms. The van der Waals surface area contributed by atoms with E-state index >= 15 is 0 Å². The molecule has 0 radical (unpaired) electrons. The van der Waals surface area contributed by atoms with E-state index in [1.165, 1.54) is 12.1 Å². The molecular weight excluding hydrogens is 307 g/mol. The maximum atomic E-state index is 13.1. The molecule has 2 aromatic rings. The van der Waals surface area contributed by atoms with Crippen molar-refractivity contribution in [3.8, 4) is 0 Å². The Morgan fingerprint density at radius 3 is 2.58 bits per heavy atom. The van der Waals surface area contributed by atoms with Crippen LogP contribution in [-0.4, -0.2) is 35.0 Å². The minimum Gasteiger partial charge on any atom is -0.376 e. The summed E-state index contributed by atoms with van der Waals surface area (Å²) >= 11 is 0. The highest BCUT2D eigenvalue weighted by molar-refractivity contribution is 5.78. The van der Waals surface area contributed by atoms with Gasteiger partial charge < -0.3 is 9.64 Å². The van der Waals surface area contributed by atoms with E-state index in [1.54, 1.807) is 24.5 Å². The van der Waals surface area contributed by atoms with Gasteiger partial charge in [-0.2, -0.15) is 0 Å². The third-order valence-corrected chi connectivity index (χ3v) is 4.19. The molecule has 0 unspecified atom stereocenters. The van der Waals surface area contributed by atoms with Crippen LogP contribution in [0, 0.1) is 5.82 Å². The number of ether oxygens (including phenoxy) is 1. The summed E-state index contributed by atoms with van der Waals surface area (Å²) < 4.78 is 18.8. The topological polar surface area (TPSA) is 42.4 Å². The zero-order valence-electron chi connectivity index (χ0n) is 13.5. The third-order valence-electron chi connectivity index (χ3n) is 4.19. The summed E-state index contributed by atoms with van der Waals surface area (Å²) in [5, 5.41) is 0. The van der Waals surface area contributed by atoms with Crippen molar-refractivity contribution in [2.24, 2.45) is 0 Å². The van der Waals surface area contributed by atoms with Crippen molar-refractivity contribution in [1.82, 2.24) is 9.88 Å². The number of amides is 1. The van der Waals surface area contributed by atoms with Gasteiger partial charge in [0, 0.05) is 32.1 Å². The van der Waals surface area contributed by atoms with E-state index < -0.39 is 0 Å². The quantitative estimate of drug-likeness (QED) is 0.819. The molecule has 1 atom stereocenters. The zero-order valence-corrected chi connectivity index (χ0v) is 13.5. The lowest BCUT2D eigenvalue weighted by molar-refractivity contribution is -0.132. The van der Waals surface area contributed by atoms with E-state index in [0.29, 0.717) is 19.5 Å². The Morgan fingerprint density at radius 2 is 1.92 bits per heavy atom. The van der Waals surface area contributed by atoms with Gasteiger partial charge in [0.05, 0.1) is 12.5 Å². The molecule has 1 aromatic heterocycles. The number of hydrogen-bond acceptors (Lipinski definition) is 3. The van der Waals surface area contributed by atoms with Crippen LogP contribution in [0.3, 0.4) is 0 Å². The standard InChI is InChI=1S/C19H21FN2O2/c20-17-5-3-16(4-6-17)13-22(14-18-2-1-11-24-18)19(23)12-15-7-9-21-10-8-15/h3-10,18H,1-2,11-14H2/t18-/m1/s1. The van der Waals surface area contributed by atoms with Crippen molar-refractivity contribution < 1.29 is 13.9 Å². The molecule has 0 saturated carbocycles. The first-order valence-corrected chi connectivity index (χ1v) is 8.23. The maximum absolute atomic E-state index is 13.1. The number of carbonyl (C=O) groups is 1. The zero-order chi connectivity index (χ0) is 16.8. The average Bonchev–Trinajstić information content (AvgIpc) is 3.10. The van der Waals surface area contributed by atoms with E-state index in [-0.39, 0.29) is 17.8 Å². The van der Waals surface area contributed by atoms with Crippen molar-refractivity contribution in [1.29, 1.82) is 0 Å². The second kappa shape index (κ2) is 8.02. The number of carbonyl (C=O) groups excluding carboxylic acids is 1. The summed E-state index contributed by atoms with van der Waals surface area (Å²) in [6, 6.07) is 9.98. The molecule has 4 nitrogen and oxygen atoms in total. The highest BCUT2D eigenvalue weighted by atomic mass is 19.1. The van der Waals surface area contributed by atoms with Crippen LogP contribution in [-0.2, 0) is 22.5 Å². The van der Waals surface area contributed by atoms with Gasteiger partial charge in [-0.1, -0.05) is 12.1 Å². The van der Waals surface area contributed by atoms with Gasteiger partial charge in [-0.05, 0) is 48.2 Å².